The maximum Gasteiger partial charge on any atom is 0.309 e. The lowest BCUT2D eigenvalue weighted by atomic mass is 9.89. The lowest BCUT2D eigenvalue weighted by Gasteiger charge is -2.17. The van der Waals surface area contributed by atoms with Gasteiger partial charge in [0.15, 0.2) is 0 Å². The fraction of sp³-hybridized carbons (Fsp3) is 0.400. The van der Waals surface area contributed by atoms with E-state index in [0.717, 1.165) is 4.47 Å². The van der Waals surface area contributed by atoms with Gasteiger partial charge in [0, 0.05) is 16.3 Å². The lowest BCUT2D eigenvalue weighted by Crippen LogP contribution is -2.29. The Morgan fingerprint density at radius 2 is 2.19 bits per heavy atom. The van der Waals surface area contributed by atoms with Gasteiger partial charge in [-0.2, -0.15) is 0 Å². The molecule has 0 radical (unpaired) electrons. The number of nitrogens with one attached hydrogen (secondary N) is 1. The van der Waals surface area contributed by atoms with Crippen LogP contribution >= 0.6 is 27.3 Å². The third kappa shape index (κ3) is 3.61. The van der Waals surface area contributed by atoms with Gasteiger partial charge in [-0.15, -0.1) is 11.3 Å². The molecule has 0 saturated carbocycles. The van der Waals surface area contributed by atoms with E-state index in [1.54, 1.807) is 6.07 Å². The number of carbonyl (C=O) groups is 2. The maximum absolute atomic E-state index is 11.6. The van der Waals surface area contributed by atoms with Crippen molar-refractivity contribution in [1.29, 1.82) is 0 Å². The smallest absolute Gasteiger partial charge is 0.309 e. The van der Waals surface area contributed by atoms with E-state index in [2.05, 4.69) is 21.2 Å². The first kappa shape index (κ1) is 13.2. The molecule has 0 saturated heterocycles. The van der Waals surface area contributed by atoms with Gasteiger partial charge in [-0.05, 0) is 35.8 Å². The van der Waals surface area contributed by atoms with Crippen LogP contribution in [0.5, 0.6) is 0 Å². The first-order valence-corrected chi connectivity index (χ1v) is 6.26. The Morgan fingerprint density at radius 3 is 2.62 bits per heavy atom. The zero-order valence-electron chi connectivity index (χ0n) is 8.91. The van der Waals surface area contributed by atoms with Crippen LogP contribution in [-0.4, -0.2) is 17.0 Å². The van der Waals surface area contributed by atoms with Crippen LogP contribution in [-0.2, 0) is 9.59 Å². The quantitative estimate of drug-likeness (QED) is 0.899. The number of carboxylic acid groups (broad SMARTS) is 1. The number of carboxylic acids is 1. The Hall–Kier alpha value is -0.880. The fourth-order valence-corrected chi connectivity index (χ4v) is 2.37. The Bertz CT molecular complexity index is 414. The molecule has 6 heteroatoms. The van der Waals surface area contributed by atoms with Crippen molar-refractivity contribution >= 4 is 44.1 Å². The van der Waals surface area contributed by atoms with Crippen molar-refractivity contribution in [3.8, 4) is 0 Å². The number of anilines is 1. The average Bonchev–Trinajstić information content (AvgIpc) is 2.49. The second-order valence-electron chi connectivity index (χ2n) is 4.04. The molecule has 0 unspecified atom stereocenters. The third-order valence-electron chi connectivity index (χ3n) is 2.01. The maximum atomic E-state index is 11.6. The summed E-state index contributed by atoms with van der Waals surface area (Å²) < 4.78 is 0.894. The van der Waals surface area contributed by atoms with Gasteiger partial charge in [-0.25, -0.2) is 0 Å². The highest BCUT2D eigenvalue weighted by Crippen LogP contribution is 2.26. The summed E-state index contributed by atoms with van der Waals surface area (Å²) in [6.07, 6.45) is -0.0438. The van der Waals surface area contributed by atoms with Crippen LogP contribution in [0.25, 0.3) is 0 Å². The molecule has 0 bridgehead atoms. The molecule has 0 aliphatic rings. The van der Waals surface area contributed by atoms with Crippen LogP contribution in [0.4, 0.5) is 5.00 Å². The summed E-state index contributed by atoms with van der Waals surface area (Å²) in [5.41, 5.74) is -1.04. The zero-order valence-corrected chi connectivity index (χ0v) is 11.3. The molecule has 0 aromatic carbocycles. The number of hydrogen-bond donors (Lipinski definition) is 2. The molecule has 1 aromatic rings. The van der Waals surface area contributed by atoms with Gasteiger partial charge in [0.25, 0.3) is 0 Å². The summed E-state index contributed by atoms with van der Waals surface area (Å²) in [4.78, 5) is 22.4. The van der Waals surface area contributed by atoms with Gasteiger partial charge in [-0.3, -0.25) is 9.59 Å². The highest BCUT2D eigenvalue weighted by Gasteiger charge is 2.30. The van der Waals surface area contributed by atoms with Gasteiger partial charge in [-0.1, -0.05) is 0 Å². The molecule has 1 aromatic heterocycles. The predicted molar refractivity (Wildman–Crippen MR) is 66.7 cm³/mol. The molecule has 16 heavy (non-hydrogen) atoms. The number of carbonyl (C=O) groups excluding carboxylic acids is 1. The van der Waals surface area contributed by atoms with Crippen molar-refractivity contribution in [2.45, 2.75) is 20.3 Å². The molecule has 2 N–H and O–H groups in total. The molecule has 0 spiro atoms. The molecular weight excluding hydrogens is 294 g/mol. The SMILES string of the molecule is CC(C)(CC(=O)Nc1cc(Br)cs1)C(=O)O. The van der Waals surface area contributed by atoms with Crippen LogP contribution in [0.2, 0.25) is 0 Å². The summed E-state index contributed by atoms with van der Waals surface area (Å²) in [7, 11) is 0. The van der Waals surface area contributed by atoms with Crippen molar-refractivity contribution in [1.82, 2.24) is 0 Å². The van der Waals surface area contributed by atoms with Gasteiger partial charge in [0.1, 0.15) is 0 Å². The average molecular weight is 306 g/mol. The number of hydrogen-bond acceptors (Lipinski definition) is 3. The van der Waals surface area contributed by atoms with E-state index in [-0.39, 0.29) is 12.3 Å². The molecule has 1 heterocycles. The Balaban J connectivity index is 2.58. The molecule has 1 amide bonds. The van der Waals surface area contributed by atoms with Crippen LogP contribution in [0.1, 0.15) is 20.3 Å². The molecule has 0 fully saturated rings. The third-order valence-corrected chi connectivity index (χ3v) is 3.62. The van der Waals surface area contributed by atoms with Crippen LogP contribution in [0, 0.1) is 5.41 Å². The number of halogens is 1. The number of amides is 1. The second-order valence-corrected chi connectivity index (χ2v) is 5.87. The van der Waals surface area contributed by atoms with Crippen molar-refractivity contribution in [3.63, 3.8) is 0 Å². The van der Waals surface area contributed by atoms with Crippen molar-refractivity contribution in [3.05, 3.63) is 15.9 Å². The van der Waals surface area contributed by atoms with E-state index in [4.69, 9.17) is 5.11 Å². The molecule has 88 valence electrons. The van der Waals surface area contributed by atoms with Gasteiger partial charge < -0.3 is 10.4 Å². The number of rotatable bonds is 4. The number of thiophene rings is 1. The van der Waals surface area contributed by atoms with Crippen molar-refractivity contribution in [2.75, 3.05) is 5.32 Å². The molecule has 0 aliphatic carbocycles. The molecular formula is C10H12BrNO3S. The van der Waals surface area contributed by atoms with Gasteiger partial charge in [0.05, 0.1) is 10.4 Å². The van der Waals surface area contributed by atoms with E-state index in [1.807, 2.05) is 5.38 Å². The van der Waals surface area contributed by atoms with Gasteiger partial charge in [0.2, 0.25) is 5.91 Å². The van der Waals surface area contributed by atoms with Crippen molar-refractivity contribution in [2.24, 2.45) is 5.41 Å². The van der Waals surface area contributed by atoms with E-state index >= 15 is 0 Å². The summed E-state index contributed by atoms with van der Waals surface area (Å²) in [5.74, 6) is -1.27. The Labute approximate surface area is 106 Å². The minimum atomic E-state index is -1.04. The van der Waals surface area contributed by atoms with Gasteiger partial charge >= 0.3 is 5.97 Å². The summed E-state index contributed by atoms with van der Waals surface area (Å²) >= 11 is 4.66. The monoisotopic (exact) mass is 305 g/mol. The molecule has 0 atom stereocenters. The standard InChI is InChI=1S/C10H12BrNO3S/c1-10(2,9(14)15)4-7(13)12-8-3-6(11)5-16-8/h3,5H,4H2,1-2H3,(H,12,13)(H,14,15). The summed E-state index contributed by atoms with van der Waals surface area (Å²) in [6, 6.07) is 1.77. The van der Waals surface area contributed by atoms with Crippen LogP contribution in [0.15, 0.2) is 15.9 Å². The first-order chi connectivity index (χ1) is 7.31. The fourth-order valence-electron chi connectivity index (χ4n) is 1.04. The van der Waals surface area contributed by atoms with Crippen molar-refractivity contribution < 1.29 is 14.7 Å². The van der Waals surface area contributed by atoms with E-state index in [0.29, 0.717) is 5.00 Å². The summed E-state index contributed by atoms with van der Waals surface area (Å²) in [6.45, 7) is 3.05. The predicted octanol–water partition coefficient (Wildman–Crippen LogP) is 2.95. The molecule has 1 rings (SSSR count). The summed E-state index contributed by atoms with van der Waals surface area (Å²) in [5, 5.41) is 14.1. The van der Waals surface area contributed by atoms with Crippen LogP contribution < -0.4 is 5.32 Å². The highest BCUT2D eigenvalue weighted by molar-refractivity contribution is 9.10. The molecule has 0 aliphatic heterocycles. The highest BCUT2D eigenvalue weighted by atomic mass is 79.9. The Kier molecular flexibility index (Phi) is 4.09. The zero-order chi connectivity index (χ0) is 12.3. The topological polar surface area (TPSA) is 66.4 Å². The van der Waals surface area contributed by atoms with Crippen LogP contribution in [0.3, 0.4) is 0 Å². The largest absolute Gasteiger partial charge is 0.481 e. The minimum Gasteiger partial charge on any atom is -0.481 e. The number of aliphatic carboxylic acids is 1. The van der Waals surface area contributed by atoms with E-state index in [9.17, 15) is 9.59 Å². The minimum absolute atomic E-state index is 0.0438. The first-order valence-electron chi connectivity index (χ1n) is 4.58. The second kappa shape index (κ2) is 4.97. The van der Waals surface area contributed by atoms with E-state index < -0.39 is 11.4 Å². The van der Waals surface area contributed by atoms with E-state index in [1.165, 1.54) is 25.2 Å². The Morgan fingerprint density at radius 1 is 1.56 bits per heavy atom. The molecule has 4 nitrogen and oxygen atoms in total. The normalized spacial score (nSPS) is 11.2. The lowest BCUT2D eigenvalue weighted by molar-refractivity contribution is -0.148.